The van der Waals surface area contributed by atoms with Gasteiger partial charge in [0.25, 0.3) is 0 Å². The quantitative estimate of drug-likeness (QED) is 0.766. The van der Waals surface area contributed by atoms with Gasteiger partial charge in [-0.25, -0.2) is 4.68 Å². The van der Waals surface area contributed by atoms with Crippen molar-refractivity contribution in [3.05, 3.63) is 41.7 Å². The number of para-hydroxylation sites is 1. The third kappa shape index (κ3) is 3.56. The second kappa shape index (κ2) is 7.26. The Bertz CT molecular complexity index is 573. The first kappa shape index (κ1) is 14.0. The molecule has 1 aromatic heterocycles. The van der Waals surface area contributed by atoms with Crippen LogP contribution in [0.1, 0.15) is 17.8 Å². The SMILES string of the molecule is N#CCn1nnc(CN)c1CCCOc1ccccc1. The number of rotatable bonds is 7. The van der Waals surface area contributed by atoms with Gasteiger partial charge in [-0.1, -0.05) is 23.4 Å². The van der Waals surface area contributed by atoms with Crippen molar-refractivity contribution in [2.24, 2.45) is 5.73 Å². The van der Waals surface area contributed by atoms with E-state index in [-0.39, 0.29) is 6.54 Å². The first-order valence-electron chi connectivity index (χ1n) is 6.51. The minimum absolute atomic E-state index is 0.196. The summed E-state index contributed by atoms with van der Waals surface area (Å²) in [7, 11) is 0. The molecule has 2 aromatic rings. The number of hydrogen-bond acceptors (Lipinski definition) is 5. The van der Waals surface area contributed by atoms with E-state index in [4.69, 9.17) is 15.7 Å². The van der Waals surface area contributed by atoms with Gasteiger partial charge in [-0.15, -0.1) is 5.10 Å². The van der Waals surface area contributed by atoms with Gasteiger partial charge in [-0.05, 0) is 25.0 Å². The Morgan fingerprint density at radius 1 is 1.30 bits per heavy atom. The highest BCUT2D eigenvalue weighted by Gasteiger charge is 2.11. The average Bonchev–Trinajstić information content (AvgIpc) is 2.87. The Labute approximate surface area is 117 Å². The standard InChI is InChI=1S/C14H17N5O/c15-8-9-19-14(13(11-16)17-18-19)7-4-10-20-12-5-2-1-3-6-12/h1-3,5-6H,4,7,9-11,16H2. The first-order chi connectivity index (χ1) is 9.85. The van der Waals surface area contributed by atoms with Crippen molar-refractivity contribution in [3.8, 4) is 11.8 Å². The van der Waals surface area contributed by atoms with E-state index in [2.05, 4.69) is 16.4 Å². The van der Waals surface area contributed by atoms with Gasteiger partial charge in [0.15, 0.2) is 0 Å². The van der Waals surface area contributed by atoms with E-state index in [0.29, 0.717) is 13.2 Å². The normalized spacial score (nSPS) is 10.2. The lowest BCUT2D eigenvalue weighted by Gasteiger charge is -2.07. The fraction of sp³-hybridized carbons (Fsp3) is 0.357. The number of hydrogen-bond donors (Lipinski definition) is 1. The summed E-state index contributed by atoms with van der Waals surface area (Å²) in [5.41, 5.74) is 7.30. The fourth-order valence-corrected chi connectivity index (χ4v) is 1.94. The third-order valence-corrected chi connectivity index (χ3v) is 2.90. The van der Waals surface area contributed by atoms with E-state index >= 15 is 0 Å². The highest BCUT2D eigenvalue weighted by Crippen LogP contribution is 2.11. The highest BCUT2D eigenvalue weighted by molar-refractivity contribution is 5.20. The number of ether oxygens (including phenoxy) is 1. The lowest BCUT2D eigenvalue weighted by molar-refractivity contribution is 0.309. The molecule has 20 heavy (non-hydrogen) atoms. The van der Waals surface area contributed by atoms with Crippen molar-refractivity contribution in [1.29, 1.82) is 5.26 Å². The first-order valence-corrected chi connectivity index (χ1v) is 6.51. The smallest absolute Gasteiger partial charge is 0.130 e. The number of benzene rings is 1. The zero-order chi connectivity index (χ0) is 14.2. The predicted molar refractivity (Wildman–Crippen MR) is 73.8 cm³/mol. The molecule has 104 valence electrons. The molecule has 2 rings (SSSR count). The molecule has 0 saturated heterocycles. The lowest BCUT2D eigenvalue weighted by Crippen LogP contribution is -2.09. The monoisotopic (exact) mass is 271 g/mol. The van der Waals surface area contributed by atoms with Crippen LogP contribution in [0.15, 0.2) is 30.3 Å². The maximum atomic E-state index is 8.75. The number of nitriles is 1. The zero-order valence-corrected chi connectivity index (χ0v) is 11.2. The van der Waals surface area contributed by atoms with Crippen molar-refractivity contribution < 1.29 is 4.74 Å². The van der Waals surface area contributed by atoms with Gasteiger partial charge in [0.1, 0.15) is 12.3 Å². The molecule has 1 heterocycles. The zero-order valence-electron chi connectivity index (χ0n) is 11.2. The van der Waals surface area contributed by atoms with Crippen molar-refractivity contribution in [1.82, 2.24) is 15.0 Å². The van der Waals surface area contributed by atoms with Gasteiger partial charge >= 0.3 is 0 Å². The molecule has 0 atom stereocenters. The van der Waals surface area contributed by atoms with E-state index in [1.54, 1.807) is 4.68 Å². The molecule has 2 N–H and O–H groups in total. The van der Waals surface area contributed by atoms with Crippen LogP contribution in [0.4, 0.5) is 0 Å². The molecule has 0 amide bonds. The van der Waals surface area contributed by atoms with Gasteiger partial charge in [-0.2, -0.15) is 5.26 Å². The minimum atomic E-state index is 0.196. The third-order valence-electron chi connectivity index (χ3n) is 2.90. The maximum absolute atomic E-state index is 8.75. The molecule has 0 saturated carbocycles. The summed E-state index contributed by atoms with van der Waals surface area (Å²) in [6.45, 7) is 1.13. The summed E-state index contributed by atoms with van der Waals surface area (Å²) >= 11 is 0. The van der Waals surface area contributed by atoms with Crippen LogP contribution < -0.4 is 10.5 Å². The summed E-state index contributed by atoms with van der Waals surface area (Å²) < 4.78 is 7.23. The molecule has 6 heteroatoms. The van der Waals surface area contributed by atoms with E-state index in [9.17, 15) is 0 Å². The molecule has 0 unspecified atom stereocenters. The molecule has 1 aromatic carbocycles. The molecule has 0 radical (unpaired) electrons. The largest absolute Gasteiger partial charge is 0.494 e. The molecule has 0 aliphatic rings. The molecule has 0 fully saturated rings. The van der Waals surface area contributed by atoms with Crippen molar-refractivity contribution >= 4 is 0 Å². The number of nitrogens with zero attached hydrogens (tertiary/aromatic N) is 4. The van der Waals surface area contributed by atoms with Gasteiger partial charge in [-0.3, -0.25) is 0 Å². The van der Waals surface area contributed by atoms with Crippen molar-refractivity contribution in [3.63, 3.8) is 0 Å². The second-order valence-corrected chi connectivity index (χ2v) is 4.27. The van der Waals surface area contributed by atoms with Crippen LogP contribution >= 0.6 is 0 Å². The predicted octanol–water partition coefficient (Wildman–Crippen LogP) is 1.27. The summed E-state index contributed by atoms with van der Waals surface area (Å²) in [4.78, 5) is 0. The highest BCUT2D eigenvalue weighted by atomic mass is 16.5. The Balaban J connectivity index is 1.87. The summed E-state index contributed by atoms with van der Waals surface area (Å²) in [6, 6.07) is 11.7. The van der Waals surface area contributed by atoms with Crippen LogP contribution in [0.2, 0.25) is 0 Å². The summed E-state index contributed by atoms with van der Waals surface area (Å²) in [5.74, 6) is 0.857. The van der Waals surface area contributed by atoms with E-state index < -0.39 is 0 Å². The lowest BCUT2D eigenvalue weighted by atomic mass is 10.2. The number of aromatic nitrogens is 3. The number of nitrogens with two attached hydrogens (primary N) is 1. The molecule has 0 aliphatic heterocycles. The summed E-state index contributed by atoms with van der Waals surface area (Å²) in [5, 5.41) is 16.7. The van der Waals surface area contributed by atoms with Crippen LogP contribution in [0.3, 0.4) is 0 Å². The van der Waals surface area contributed by atoms with Crippen molar-refractivity contribution in [2.45, 2.75) is 25.9 Å². The van der Waals surface area contributed by atoms with E-state index in [0.717, 1.165) is 30.0 Å². The van der Waals surface area contributed by atoms with Gasteiger partial charge in [0, 0.05) is 6.54 Å². The van der Waals surface area contributed by atoms with E-state index in [1.165, 1.54) is 0 Å². The molecule has 0 bridgehead atoms. The topological polar surface area (TPSA) is 89.8 Å². The second-order valence-electron chi connectivity index (χ2n) is 4.27. The molecule has 0 spiro atoms. The molecule has 0 aliphatic carbocycles. The van der Waals surface area contributed by atoms with Crippen LogP contribution in [0, 0.1) is 11.3 Å². The molecule has 6 nitrogen and oxygen atoms in total. The average molecular weight is 271 g/mol. The Morgan fingerprint density at radius 2 is 2.10 bits per heavy atom. The van der Waals surface area contributed by atoms with Crippen LogP contribution in [-0.2, 0) is 19.5 Å². The molecular weight excluding hydrogens is 254 g/mol. The fourth-order valence-electron chi connectivity index (χ4n) is 1.94. The van der Waals surface area contributed by atoms with Crippen molar-refractivity contribution in [2.75, 3.05) is 6.61 Å². The van der Waals surface area contributed by atoms with Gasteiger partial charge < -0.3 is 10.5 Å². The van der Waals surface area contributed by atoms with Crippen LogP contribution in [0.25, 0.3) is 0 Å². The van der Waals surface area contributed by atoms with Crippen LogP contribution in [-0.4, -0.2) is 21.6 Å². The van der Waals surface area contributed by atoms with Gasteiger partial charge in [0.2, 0.25) is 0 Å². The van der Waals surface area contributed by atoms with Gasteiger partial charge in [0.05, 0.1) is 24.1 Å². The van der Waals surface area contributed by atoms with E-state index in [1.807, 2.05) is 30.3 Å². The van der Waals surface area contributed by atoms with Crippen LogP contribution in [0.5, 0.6) is 5.75 Å². The Morgan fingerprint density at radius 3 is 2.80 bits per heavy atom. The summed E-state index contributed by atoms with van der Waals surface area (Å²) in [6.07, 6.45) is 1.56. The Hall–Kier alpha value is -2.39. The minimum Gasteiger partial charge on any atom is -0.494 e. The maximum Gasteiger partial charge on any atom is 0.130 e. The molecular formula is C14H17N5O. The Kier molecular flexibility index (Phi) is 5.09.